The molecule has 1 N–H and O–H groups in total. The van der Waals surface area contributed by atoms with Crippen LogP contribution in [0.5, 0.6) is 0 Å². The molecule has 1 aliphatic heterocycles. The fourth-order valence-electron chi connectivity index (χ4n) is 2.12. The fourth-order valence-corrected chi connectivity index (χ4v) is 2.12. The van der Waals surface area contributed by atoms with Crippen LogP contribution in [0.4, 0.5) is 0 Å². The molecule has 2 rings (SSSR count). The van der Waals surface area contributed by atoms with Crippen LogP contribution in [-0.4, -0.2) is 58.6 Å². The van der Waals surface area contributed by atoms with E-state index in [1.165, 1.54) is 0 Å². The molecule has 0 spiro atoms. The number of rotatable bonds is 4. The summed E-state index contributed by atoms with van der Waals surface area (Å²) in [6.07, 6.45) is 3.59. The Morgan fingerprint density at radius 1 is 1.62 bits per heavy atom. The van der Waals surface area contributed by atoms with E-state index >= 15 is 0 Å². The van der Waals surface area contributed by atoms with Gasteiger partial charge in [-0.1, -0.05) is 0 Å². The highest BCUT2D eigenvalue weighted by Gasteiger charge is 2.35. The third-order valence-corrected chi connectivity index (χ3v) is 2.84. The quantitative estimate of drug-likeness (QED) is 0.771. The molecule has 2 heterocycles. The monoisotopic (exact) mass is 225 g/mol. The van der Waals surface area contributed by atoms with Gasteiger partial charge in [0.25, 0.3) is 0 Å². The maximum absolute atomic E-state index is 10.6. The van der Waals surface area contributed by atoms with Crippen molar-refractivity contribution in [3.05, 3.63) is 18.5 Å². The highest BCUT2D eigenvalue weighted by atomic mass is 16.5. The molecular weight excluding hydrogens is 210 g/mol. The van der Waals surface area contributed by atoms with E-state index in [0.29, 0.717) is 13.1 Å². The molecule has 6 nitrogen and oxygen atoms in total. The van der Waals surface area contributed by atoms with Crippen LogP contribution in [0.25, 0.3) is 0 Å². The van der Waals surface area contributed by atoms with Gasteiger partial charge in [-0.25, -0.2) is 0 Å². The molecule has 88 valence electrons. The summed E-state index contributed by atoms with van der Waals surface area (Å²) in [5.41, 5.74) is 0. The number of methoxy groups -OCH3 is 1. The van der Waals surface area contributed by atoms with Gasteiger partial charge in [-0.05, 0) is 6.07 Å². The standard InChI is InChI=1S/C10H15N3O3/c1-16-9-6-12(7-10(14)15)5-8(9)13-4-2-3-11-13/h2-4,8-9H,5-7H2,1H3,(H,14,15). The van der Waals surface area contributed by atoms with Crippen molar-refractivity contribution in [1.82, 2.24) is 14.7 Å². The van der Waals surface area contributed by atoms with E-state index in [1.807, 2.05) is 21.8 Å². The Hall–Kier alpha value is -1.40. The van der Waals surface area contributed by atoms with E-state index in [9.17, 15) is 4.79 Å². The van der Waals surface area contributed by atoms with Gasteiger partial charge in [0.2, 0.25) is 0 Å². The largest absolute Gasteiger partial charge is 0.480 e. The predicted octanol–water partition coefficient (Wildman–Crippen LogP) is -0.161. The number of likely N-dealkylation sites (tertiary alicyclic amines) is 1. The number of carbonyl (C=O) groups is 1. The van der Waals surface area contributed by atoms with Gasteiger partial charge in [-0.3, -0.25) is 14.4 Å². The van der Waals surface area contributed by atoms with Crippen LogP contribution in [0, 0.1) is 0 Å². The summed E-state index contributed by atoms with van der Waals surface area (Å²) in [5, 5.41) is 12.9. The molecule has 2 atom stereocenters. The molecule has 2 unspecified atom stereocenters. The zero-order valence-corrected chi connectivity index (χ0v) is 9.11. The van der Waals surface area contributed by atoms with E-state index in [4.69, 9.17) is 9.84 Å². The van der Waals surface area contributed by atoms with Crippen molar-refractivity contribution in [3.8, 4) is 0 Å². The average Bonchev–Trinajstić information content (AvgIpc) is 2.83. The first kappa shape index (κ1) is 11.1. The molecule has 1 aromatic rings. The summed E-state index contributed by atoms with van der Waals surface area (Å²) < 4.78 is 7.19. The first-order chi connectivity index (χ1) is 7.70. The molecule has 1 aliphatic rings. The summed E-state index contributed by atoms with van der Waals surface area (Å²) >= 11 is 0. The van der Waals surface area contributed by atoms with Gasteiger partial charge in [-0.15, -0.1) is 0 Å². The van der Waals surface area contributed by atoms with Crippen LogP contribution < -0.4 is 0 Å². The lowest BCUT2D eigenvalue weighted by molar-refractivity contribution is -0.138. The van der Waals surface area contributed by atoms with E-state index in [2.05, 4.69) is 5.10 Å². The van der Waals surface area contributed by atoms with Crippen LogP contribution in [0.2, 0.25) is 0 Å². The number of nitrogens with zero attached hydrogens (tertiary/aromatic N) is 3. The van der Waals surface area contributed by atoms with Gasteiger partial charge in [0.05, 0.1) is 18.7 Å². The fraction of sp³-hybridized carbons (Fsp3) is 0.600. The molecule has 1 fully saturated rings. The lowest BCUT2D eigenvalue weighted by Crippen LogP contribution is -2.28. The molecular formula is C10H15N3O3. The van der Waals surface area contributed by atoms with Gasteiger partial charge >= 0.3 is 5.97 Å². The lowest BCUT2D eigenvalue weighted by atomic mass is 10.2. The Kier molecular flexibility index (Phi) is 3.21. The summed E-state index contributed by atoms with van der Waals surface area (Å²) in [4.78, 5) is 12.5. The van der Waals surface area contributed by atoms with E-state index in [0.717, 1.165) is 0 Å². The molecule has 0 amide bonds. The molecule has 6 heteroatoms. The maximum atomic E-state index is 10.6. The number of hydrogen-bond acceptors (Lipinski definition) is 4. The Bertz CT molecular complexity index is 352. The van der Waals surface area contributed by atoms with Crippen LogP contribution >= 0.6 is 0 Å². The van der Waals surface area contributed by atoms with Gasteiger partial charge in [0.1, 0.15) is 0 Å². The zero-order valence-electron chi connectivity index (χ0n) is 9.11. The lowest BCUT2D eigenvalue weighted by Gasteiger charge is -2.16. The van der Waals surface area contributed by atoms with Crippen molar-refractivity contribution < 1.29 is 14.6 Å². The van der Waals surface area contributed by atoms with Crippen molar-refractivity contribution in [2.24, 2.45) is 0 Å². The van der Waals surface area contributed by atoms with Crippen molar-refractivity contribution in [3.63, 3.8) is 0 Å². The minimum atomic E-state index is -0.809. The minimum absolute atomic E-state index is 0.000694. The van der Waals surface area contributed by atoms with Crippen LogP contribution in [0.1, 0.15) is 6.04 Å². The van der Waals surface area contributed by atoms with Crippen molar-refractivity contribution in [2.45, 2.75) is 12.1 Å². The molecule has 0 aromatic carbocycles. The Morgan fingerprint density at radius 2 is 2.44 bits per heavy atom. The molecule has 16 heavy (non-hydrogen) atoms. The number of carboxylic acid groups (broad SMARTS) is 1. The van der Waals surface area contributed by atoms with Gasteiger partial charge in [0.15, 0.2) is 0 Å². The average molecular weight is 225 g/mol. The van der Waals surface area contributed by atoms with Gasteiger partial charge < -0.3 is 9.84 Å². The first-order valence-electron chi connectivity index (χ1n) is 5.17. The predicted molar refractivity (Wildman–Crippen MR) is 56.1 cm³/mol. The van der Waals surface area contributed by atoms with Gasteiger partial charge in [-0.2, -0.15) is 5.10 Å². The Balaban J connectivity index is 2.05. The zero-order chi connectivity index (χ0) is 11.5. The van der Waals surface area contributed by atoms with E-state index < -0.39 is 5.97 Å². The first-order valence-corrected chi connectivity index (χ1v) is 5.17. The van der Waals surface area contributed by atoms with Crippen molar-refractivity contribution in [1.29, 1.82) is 0 Å². The number of hydrogen-bond donors (Lipinski definition) is 1. The summed E-state index contributed by atoms with van der Waals surface area (Å²) in [6.45, 7) is 1.34. The summed E-state index contributed by atoms with van der Waals surface area (Å²) in [6, 6.07) is 1.95. The molecule has 0 saturated carbocycles. The second-order valence-electron chi connectivity index (χ2n) is 3.92. The van der Waals surface area contributed by atoms with Crippen LogP contribution in [-0.2, 0) is 9.53 Å². The molecule has 1 aromatic heterocycles. The summed E-state index contributed by atoms with van der Waals surface area (Å²) in [7, 11) is 1.64. The summed E-state index contributed by atoms with van der Waals surface area (Å²) in [5.74, 6) is -0.809. The van der Waals surface area contributed by atoms with Crippen molar-refractivity contribution in [2.75, 3.05) is 26.7 Å². The Labute approximate surface area is 93.4 Å². The van der Waals surface area contributed by atoms with E-state index in [1.54, 1.807) is 13.3 Å². The normalized spacial score (nSPS) is 26.1. The topological polar surface area (TPSA) is 67.6 Å². The second-order valence-corrected chi connectivity index (χ2v) is 3.92. The number of aromatic nitrogens is 2. The number of aliphatic carboxylic acids is 1. The molecule has 0 bridgehead atoms. The van der Waals surface area contributed by atoms with Crippen LogP contribution in [0.15, 0.2) is 18.5 Å². The van der Waals surface area contributed by atoms with Crippen LogP contribution in [0.3, 0.4) is 0 Å². The maximum Gasteiger partial charge on any atom is 0.317 e. The third kappa shape index (κ3) is 2.23. The molecule has 0 radical (unpaired) electrons. The Morgan fingerprint density at radius 3 is 3.00 bits per heavy atom. The van der Waals surface area contributed by atoms with Gasteiger partial charge in [0, 0.05) is 32.6 Å². The third-order valence-electron chi connectivity index (χ3n) is 2.84. The number of carboxylic acids is 1. The second kappa shape index (κ2) is 4.63. The molecule has 1 saturated heterocycles. The molecule has 0 aliphatic carbocycles. The SMILES string of the molecule is COC1CN(CC(=O)O)CC1n1cccn1. The highest BCUT2D eigenvalue weighted by Crippen LogP contribution is 2.23. The smallest absolute Gasteiger partial charge is 0.317 e. The minimum Gasteiger partial charge on any atom is -0.480 e. The number of ether oxygens (including phenoxy) is 1. The highest BCUT2D eigenvalue weighted by molar-refractivity contribution is 5.69. The van der Waals surface area contributed by atoms with Crippen molar-refractivity contribution >= 4 is 5.97 Å². The van der Waals surface area contributed by atoms with E-state index in [-0.39, 0.29) is 18.7 Å².